The fraction of sp³-hybridized carbons (Fsp3) is 0. The van der Waals surface area contributed by atoms with E-state index >= 15 is 0 Å². The van der Waals surface area contributed by atoms with Gasteiger partial charge in [-0.1, -0.05) is 11.6 Å². The molecule has 0 saturated carbocycles. The van der Waals surface area contributed by atoms with Crippen molar-refractivity contribution in [3.05, 3.63) is 47.5 Å². The molecule has 3 rings (SSSR count). The van der Waals surface area contributed by atoms with E-state index in [2.05, 4.69) is 14.7 Å². The van der Waals surface area contributed by atoms with E-state index in [1.165, 1.54) is 42.5 Å². The van der Waals surface area contributed by atoms with Crippen molar-refractivity contribution in [3.63, 3.8) is 0 Å². The summed E-state index contributed by atoms with van der Waals surface area (Å²) in [6.07, 6.45) is 0. The van der Waals surface area contributed by atoms with Gasteiger partial charge in [-0.15, -0.1) is 0 Å². The smallest absolute Gasteiger partial charge is 0.261 e. The SMILES string of the molecule is O=S(=O)([O-])c1nc2ccc(S(=O)(=O)Nc3ccc(Cl)cc3)cc2[nH]1. The standard InChI is InChI=1S/C13H10ClN3O5S2/c14-8-1-3-9(4-2-8)17-23(18,19)10-5-6-11-12(7-10)16-13(15-11)24(20,21)22/h1-7,17H,(H,15,16)(H,20,21,22)/p-1. The number of aromatic amines is 1. The molecule has 126 valence electrons. The highest BCUT2D eigenvalue weighted by molar-refractivity contribution is 7.92. The van der Waals surface area contributed by atoms with Crippen LogP contribution in [-0.2, 0) is 20.1 Å². The van der Waals surface area contributed by atoms with Gasteiger partial charge < -0.3 is 9.54 Å². The number of H-pyrrole nitrogens is 1. The van der Waals surface area contributed by atoms with Gasteiger partial charge in [0.25, 0.3) is 10.0 Å². The fourth-order valence-corrected chi connectivity index (χ4v) is 3.64. The number of fused-ring (bicyclic) bond motifs is 1. The van der Waals surface area contributed by atoms with Gasteiger partial charge in [0.2, 0.25) is 5.16 Å². The van der Waals surface area contributed by atoms with Crippen LogP contribution in [0, 0.1) is 0 Å². The molecule has 0 amide bonds. The number of imidazole rings is 1. The monoisotopic (exact) mass is 386 g/mol. The molecule has 0 aliphatic heterocycles. The Bertz CT molecular complexity index is 1120. The summed E-state index contributed by atoms with van der Waals surface area (Å²) in [5, 5.41) is -0.305. The molecule has 0 radical (unpaired) electrons. The molecule has 0 atom stereocenters. The maximum Gasteiger partial charge on any atom is 0.261 e. The fourth-order valence-electron chi connectivity index (χ4n) is 1.98. The van der Waals surface area contributed by atoms with E-state index in [1.54, 1.807) is 0 Å². The zero-order chi connectivity index (χ0) is 17.5. The molecule has 1 aromatic heterocycles. The van der Waals surface area contributed by atoms with E-state index in [9.17, 15) is 21.4 Å². The van der Waals surface area contributed by atoms with E-state index in [-0.39, 0.29) is 15.9 Å². The van der Waals surface area contributed by atoms with E-state index in [4.69, 9.17) is 11.6 Å². The van der Waals surface area contributed by atoms with Gasteiger partial charge in [-0.3, -0.25) is 4.72 Å². The third-order valence-electron chi connectivity index (χ3n) is 3.08. The Kier molecular flexibility index (Phi) is 4.00. The third kappa shape index (κ3) is 3.36. The number of halogens is 1. The number of aromatic nitrogens is 2. The summed E-state index contributed by atoms with van der Waals surface area (Å²) in [6.45, 7) is 0. The quantitative estimate of drug-likeness (QED) is 0.658. The van der Waals surface area contributed by atoms with Gasteiger partial charge in [-0.25, -0.2) is 21.8 Å². The van der Waals surface area contributed by atoms with Gasteiger partial charge in [0.05, 0.1) is 15.9 Å². The van der Waals surface area contributed by atoms with Crippen LogP contribution >= 0.6 is 11.6 Å². The van der Waals surface area contributed by atoms with Crippen LogP contribution in [0.2, 0.25) is 5.02 Å². The normalized spacial score (nSPS) is 12.4. The Morgan fingerprint density at radius 2 is 1.71 bits per heavy atom. The summed E-state index contributed by atoms with van der Waals surface area (Å²) in [4.78, 5) is 5.79. The minimum Gasteiger partial charge on any atom is -0.742 e. The molecular formula is C13H9ClN3O5S2-. The first-order valence-electron chi connectivity index (χ1n) is 6.39. The molecule has 2 aromatic carbocycles. The molecule has 0 fully saturated rings. The number of sulfonamides is 1. The number of rotatable bonds is 4. The first-order chi connectivity index (χ1) is 11.1. The summed E-state index contributed by atoms with van der Waals surface area (Å²) >= 11 is 5.74. The van der Waals surface area contributed by atoms with Crippen LogP contribution < -0.4 is 4.72 Å². The molecule has 24 heavy (non-hydrogen) atoms. The number of hydrogen-bond acceptors (Lipinski definition) is 6. The first kappa shape index (κ1) is 16.7. The van der Waals surface area contributed by atoms with Gasteiger partial charge in [-0.05, 0) is 42.5 Å². The van der Waals surface area contributed by atoms with Crippen LogP contribution in [0.5, 0.6) is 0 Å². The van der Waals surface area contributed by atoms with Crippen molar-refractivity contribution in [1.29, 1.82) is 0 Å². The van der Waals surface area contributed by atoms with Crippen LogP contribution in [-0.4, -0.2) is 31.4 Å². The van der Waals surface area contributed by atoms with Crippen molar-refractivity contribution in [1.82, 2.24) is 9.97 Å². The number of anilines is 1. The maximum atomic E-state index is 12.4. The first-order valence-corrected chi connectivity index (χ1v) is 9.66. The second kappa shape index (κ2) is 5.74. The summed E-state index contributed by atoms with van der Waals surface area (Å²) in [6, 6.07) is 9.80. The summed E-state index contributed by atoms with van der Waals surface area (Å²) in [5.41, 5.74) is 0.588. The van der Waals surface area contributed by atoms with Crippen molar-refractivity contribution in [2.45, 2.75) is 10.1 Å². The highest BCUT2D eigenvalue weighted by Crippen LogP contribution is 2.22. The molecule has 11 heteroatoms. The molecule has 0 aliphatic carbocycles. The van der Waals surface area contributed by atoms with Crippen molar-refractivity contribution >= 4 is 48.5 Å². The van der Waals surface area contributed by atoms with Crippen LogP contribution in [0.1, 0.15) is 0 Å². The Morgan fingerprint density at radius 3 is 2.33 bits per heavy atom. The molecule has 0 unspecified atom stereocenters. The number of hydrogen-bond donors (Lipinski definition) is 2. The number of benzene rings is 2. The van der Waals surface area contributed by atoms with Gasteiger partial charge in [0.15, 0.2) is 10.1 Å². The van der Waals surface area contributed by atoms with Crippen LogP contribution in [0.15, 0.2) is 52.5 Å². The average molecular weight is 387 g/mol. The molecule has 0 bridgehead atoms. The molecule has 0 aliphatic rings. The molecular weight excluding hydrogens is 378 g/mol. The van der Waals surface area contributed by atoms with E-state index in [1.807, 2.05) is 0 Å². The Balaban J connectivity index is 2.00. The summed E-state index contributed by atoms with van der Waals surface area (Å²) in [7, 11) is -8.67. The van der Waals surface area contributed by atoms with E-state index < -0.39 is 25.3 Å². The second-order valence-electron chi connectivity index (χ2n) is 4.79. The van der Waals surface area contributed by atoms with Gasteiger partial charge in [0.1, 0.15) is 0 Å². The number of nitrogens with one attached hydrogen (secondary N) is 2. The zero-order valence-corrected chi connectivity index (χ0v) is 14.1. The second-order valence-corrected chi connectivity index (χ2v) is 8.20. The predicted octanol–water partition coefficient (Wildman–Crippen LogP) is 1.92. The third-order valence-corrected chi connectivity index (χ3v) is 5.37. The maximum absolute atomic E-state index is 12.4. The van der Waals surface area contributed by atoms with Gasteiger partial charge in [-0.2, -0.15) is 0 Å². The lowest BCUT2D eigenvalue weighted by molar-refractivity contribution is 0.456. The minimum atomic E-state index is -4.76. The topological polar surface area (TPSA) is 132 Å². The van der Waals surface area contributed by atoms with E-state index in [0.717, 1.165) is 0 Å². The highest BCUT2D eigenvalue weighted by atomic mass is 35.5. The summed E-state index contributed by atoms with van der Waals surface area (Å²) in [5.74, 6) is 0. The lowest BCUT2D eigenvalue weighted by Gasteiger charge is -2.08. The highest BCUT2D eigenvalue weighted by Gasteiger charge is 2.17. The van der Waals surface area contributed by atoms with Crippen molar-refractivity contribution in [3.8, 4) is 0 Å². The molecule has 2 N–H and O–H groups in total. The Morgan fingerprint density at radius 1 is 1.04 bits per heavy atom. The molecule has 1 heterocycles. The number of nitrogens with zero attached hydrogens (tertiary/aromatic N) is 1. The van der Waals surface area contributed by atoms with Gasteiger partial charge >= 0.3 is 0 Å². The Hall–Kier alpha value is -2.14. The van der Waals surface area contributed by atoms with Crippen molar-refractivity contribution in [2.75, 3.05) is 4.72 Å². The van der Waals surface area contributed by atoms with Crippen molar-refractivity contribution in [2.24, 2.45) is 0 Å². The molecule has 8 nitrogen and oxygen atoms in total. The van der Waals surface area contributed by atoms with Gasteiger partial charge in [0, 0.05) is 10.7 Å². The Labute approximate surface area is 142 Å². The lowest BCUT2D eigenvalue weighted by atomic mass is 10.3. The molecule has 0 spiro atoms. The summed E-state index contributed by atoms with van der Waals surface area (Å²) < 4.78 is 60.0. The average Bonchev–Trinajstić information content (AvgIpc) is 2.92. The van der Waals surface area contributed by atoms with Crippen LogP contribution in [0.4, 0.5) is 5.69 Å². The van der Waals surface area contributed by atoms with Crippen LogP contribution in [0.25, 0.3) is 11.0 Å². The van der Waals surface area contributed by atoms with Crippen molar-refractivity contribution < 1.29 is 21.4 Å². The predicted molar refractivity (Wildman–Crippen MR) is 86.3 cm³/mol. The molecule has 3 aromatic rings. The van der Waals surface area contributed by atoms with E-state index in [0.29, 0.717) is 10.7 Å². The lowest BCUT2D eigenvalue weighted by Crippen LogP contribution is -2.12. The minimum absolute atomic E-state index is 0.114. The zero-order valence-electron chi connectivity index (χ0n) is 11.7. The van der Waals surface area contributed by atoms with Crippen LogP contribution in [0.3, 0.4) is 0 Å². The largest absolute Gasteiger partial charge is 0.742 e. The molecule has 0 saturated heterocycles.